The van der Waals surface area contributed by atoms with Gasteiger partial charge < -0.3 is 9.47 Å². The van der Waals surface area contributed by atoms with Crippen LogP contribution in [0.1, 0.15) is 25.5 Å². The van der Waals surface area contributed by atoms with Crippen LogP contribution in [-0.4, -0.2) is 11.7 Å². The summed E-state index contributed by atoms with van der Waals surface area (Å²) in [4.78, 5) is 0. The molecule has 1 aromatic rings. The molecule has 0 aliphatic carbocycles. The number of fused-ring (bicyclic) bond motifs is 3. The summed E-state index contributed by atoms with van der Waals surface area (Å²) < 4.78 is 11.4. The summed E-state index contributed by atoms with van der Waals surface area (Å²) in [7, 11) is 0. The van der Waals surface area contributed by atoms with Crippen molar-refractivity contribution < 1.29 is 9.47 Å². The van der Waals surface area contributed by atoms with Gasteiger partial charge in [-0.3, -0.25) is 0 Å². The zero-order chi connectivity index (χ0) is 9.92. The van der Waals surface area contributed by atoms with Crippen molar-refractivity contribution in [2.24, 2.45) is 0 Å². The van der Waals surface area contributed by atoms with Gasteiger partial charge in [0.1, 0.15) is 23.6 Å². The summed E-state index contributed by atoms with van der Waals surface area (Å²) in [5, 5.41) is 0.671. The topological polar surface area (TPSA) is 21.8 Å². The Bertz CT molecular complexity index is 400. The SMILES string of the molecule is CC1(C)Oc2c(Cl)cccc2[C@H]2O[C@H]21. The first-order valence-corrected chi connectivity index (χ1v) is 5.10. The maximum Gasteiger partial charge on any atom is 0.144 e. The molecule has 2 heterocycles. The van der Waals surface area contributed by atoms with Crippen molar-refractivity contribution in [2.75, 3.05) is 0 Å². The Morgan fingerprint density at radius 3 is 2.93 bits per heavy atom. The molecule has 0 bridgehead atoms. The van der Waals surface area contributed by atoms with Gasteiger partial charge in [-0.05, 0) is 19.9 Å². The van der Waals surface area contributed by atoms with E-state index in [0.29, 0.717) is 5.02 Å². The minimum Gasteiger partial charge on any atom is -0.483 e. The molecule has 1 aromatic carbocycles. The van der Waals surface area contributed by atoms with Crippen molar-refractivity contribution in [1.29, 1.82) is 0 Å². The van der Waals surface area contributed by atoms with Gasteiger partial charge in [0.2, 0.25) is 0 Å². The molecule has 0 saturated carbocycles. The lowest BCUT2D eigenvalue weighted by Gasteiger charge is -2.29. The first-order valence-electron chi connectivity index (χ1n) is 4.72. The average molecular weight is 211 g/mol. The summed E-state index contributed by atoms with van der Waals surface area (Å²) in [5.74, 6) is 0.790. The van der Waals surface area contributed by atoms with Crippen LogP contribution in [0, 0.1) is 0 Å². The number of hydrogen-bond donors (Lipinski definition) is 0. The number of ether oxygens (including phenoxy) is 2. The second-order valence-corrected chi connectivity index (χ2v) is 4.75. The summed E-state index contributed by atoms with van der Waals surface area (Å²) in [6.07, 6.45) is 0.376. The summed E-state index contributed by atoms with van der Waals surface area (Å²) >= 11 is 6.07. The van der Waals surface area contributed by atoms with E-state index in [1.807, 2.05) is 32.0 Å². The van der Waals surface area contributed by atoms with E-state index in [0.717, 1.165) is 11.3 Å². The molecule has 0 N–H and O–H groups in total. The molecule has 0 aromatic heterocycles. The zero-order valence-electron chi connectivity index (χ0n) is 8.08. The highest BCUT2D eigenvalue weighted by Crippen LogP contribution is 2.55. The number of rotatable bonds is 0. The van der Waals surface area contributed by atoms with Gasteiger partial charge in [-0.15, -0.1) is 0 Å². The van der Waals surface area contributed by atoms with Gasteiger partial charge in [0.25, 0.3) is 0 Å². The Morgan fingerprint density at radius 2 is 2.14 bits per heavy atom. The number of epoxide rings is 1. The molecular weight excluding hydrogens is 200 g/mol. The van der Waals surface area contributed by atoms with Crippen molar-refractivity contribution in [1.82, 2.24) is 0 Å². The Morgan fingerprint density at radius 1 is 1.36 bits per heavy atom. The molecule has 0 spiro atoms. The highest BCUT2D eigenvalue weighted by molar-refractivity contribution is 6.32. The predicted molar refractivity (Wildman–Crippen MR) is 53.8 cm³/mol. The number of halogens is 1. The van der Waals surface area contributed by atoms with Crippen LogP contribution in [0.5, 0.6) is 5.75 Å². The lowest BCUT2D eigenvalue weighted by molar-refractivity contribution is 0.0726. The first-order chi connectivity index (χ1) is 6.59. The Hall–Kier alpha value is -0.730. The van der Waals surface area contributed by atoms with Crippen LogP contribution < -0.4 is 4.74 Å². The van der Waals surface area contributed by atoms with Crippen LogP contribution in [0.4, 0.5) is 0 Å². The zero-order valence-corrected chi connectivity index (χ0v) is 8.84. The molecule has 0 unspecified atom stereocenters. The maximum absolute atomic E-state index is 6.07. The number of benzene rings is 1. The predicted octanol–water partition coefficient (Wildman–Crippen LogP) is 2.95. The minimum atomic E-state index is -0.261. The molecule has 2 aliphatic rings. The first kappa shape index (κ1) is 8.57. The minimum absolute atomic E-state index is 0.187. The molecule has 3 heteroatoms. The smallest absolute Gasteiger partial charge is 0.144 e. The van der Waals surface area contributed by atoms with E-state index in [9.17, 15) is 0 Å². The van der Waals surface area contributed by atoms with Crippen LogP contribution >= 0.6 is 11.6 Å². The highest BCUT2D eigenvalue weighted by Gasteiger charge is 2.56. The standard InChI is InChI=1S/C11H11ClO2/c1-11(2)10-9(13-10)6-4-3-5-7(12)8(6)14-11/h3-5,9-10H,1-2H3/t9-,10-/m1/s1. The Balaban J connectivity index is 2.15. The van der Waals surface area contributed by atoms with Gasteiger partial charge in [0, 0.05) is 5.56 Å². The second-order valence-electron chi connectivity index (χ2n) is 4.34. The lowest BCUT2D eigenvalue weighted by Crippen LogP contribution is -2.37. The molecule has 2 nitrogen and oxygen atoms in total. The summed E-state index contributed by atoms with van der Waals surface area (Å²) in [6, 6.07) is 5.79. The van der Waals surface area contributed by atoms with Crippen LogP contribution in [0.25, 0.3) is 0 Å². The third-order valence-corrected chi connectivity index (χ3v) is 3.14. The molecule has 1 fully saturated rings. The third-order valence-electron chi connectivity index (χ3n) is 2.85. The fourth-order valence-electron chi connectivity index (χ4n) is 2.06. The van der Waals surface area contributed by atoms with Crippen molar-refractivity contribution in [3.63, 3.8) is 0 Å². The summed E-state index contributed by atoms with van der Waals surface area (Å²) in [5.41, 5.74) is 0.824. The normalized spacial score (nSPS) is 31.4. The van der Waals surface area contributed by atoms with Gasteiger partial charge in [-0.1, -0.05) is 23.7 Å². The fourth-order valence-corrected chi connectivity index (χ4v) is 2.28. The molecule has 1 saturated heterocycles. The lowest BCUT2D eigenvalue weighted by atomic mass is 9.94. The molecule has 74 valence electrons. The number of hydrogen-bond acceptors (Lipinski definition) is 2. The van der Waals surface area contributed by atoms with Gasteiger partial charge >= 0.3 is 0 Å². The molecule has 0 amide bonds. The van der Waals surface area contributed by atoms with Crippen molar-refractivity contribution in [2.45, 2.75) is 31.7 Å². The van der Waals surface area contributed by atoms with E-state index in [4.69, 9.17) is 21.1 Å². The van der Waals surface area contributed by atoms with Gasteiger partial charge in [-0.25, -0.2) is 0 Å². The van der Waals surface area contributed by atoms with Crippen molar-refractivity contribution >= 4 is 11.6 Å². The van der Waals surface area contributed by atoms with Crippen molar-refractivity contribution in [3.05, 3.63) is 28.8 Å². The monoisotopic (exact) mass is 210 g/mol. The molecule has 2 atom stereocenters. The summed E-state index contributed by atoms with van der Waals surface area (Å²) in [6.45, 7) is 4.06. The van der Waals surface area contributed by atoms with Crippen LogP contribution in [0.2, 0.25) is 5.02 Å². The van der Waals surface area contributed by atoms with E-state index >= 15 is 0 Å². The quantitative estimate of drug-likeness (QED) is 0.614. The van der Waals surface area contributed by atoms with Crippen molar-refractivity contribution in [3.8, 4) is 5.75 Å². The highest BCUT2D eigenvalue weighted by atomic mass is 35.5. The molecular formula is C11H11ClO2. The average Bonchev–Trinajstić information content (AvgIpc) is 2.87. The van der Waals surface area contributed by atoms with E-state index in [1.165, 1.54) is 0 Å². The van der Waals surface area contributed by atoms with Gasteiger partial charge in [0.05, 0.1) is 5.02 Å². The van der Waals surface area contributed by atoms with E-state index in [1.54, 1.807) is 0 Å². The largest absolute Gasteiger partial charge is 0.483 e. The van der Waals surface area contributed by atoms with E-state index in [-0.39, 0.29) is 17.8 Å². The van der Waals surface area contributed by atoms with Gasteiger partial charge in [-0.2, -0.15) is 0 Å². The molecule has 0 radical (unpaired) electrons. The third kappa shape index (κ3) is 1.01. The maximum atomic E-state index is 6.07. The van der Waals surface area contributed by atoms with Crippen LogP contribution in [0.15, 0.2) is 18.2 Å². The van der Waals surface area contributed by atoms with Gasteiger partial charge in [0.15, 0.2) is 0 Å². The molecule has 2 aliphatic heterocycles. The second kappa shape index (κ2) is 2.44. The van der Waals surface area contributed by atoms with E-state index in [2.05, 4.69) is 0 Å². The molecule has 14 heavy (non-hydrogen) atoms. The van der Waals surface area contributed by atoms with Crippen LogP contribution in [0.3, 0.4) is 0 Å². The number of para-hydroxylation sites is 1. The Labute approximate surface area is 87.8 Å². The van der Waals surface area contributed by atoms with Crippen LogP contribution in [-0.2, 0) is 4.74 Å². The Kier molecular flexibility index (Phi) is 1.49. The van der Waals surface area contributed by atoms with E-state index < -0.39 is 0 Å². The molecule has 3 rings (SSSR count). The fraction of sp³-hybridized carbons (Fsp3) is 0.455.